The van der Waals surface area contributed by atoms with Crippen molar-refractivity contribution in [2.45, 2.75) is 63.5 Å². The van der Waals surface area contributed by atoms with Crippen molar-refractivity contribution in [3.8, 4) is 5.75 Å². The first-order valence-electron chi connectivity index (χ1n) is 12.8. The van der Waals surface area contributed by atoms with Gasteiger partial charge in [0.15, 0.2) is 0 Å². The number of rotatable bonds is 5. The number of amides is 2. The van der Waals surface area contributed by atoms with Crippen LogP contribution in [0.15, 0.2) is 24.3 Å². The van der Waals surface area contributed by atoms with Crippen molar-refractivity contribution >= 4 is 22.7 Å². The van der Waals surface area contributed by atoms with Gasteiger partial charge in [-0.15, -0.1) is 0 Å². The van der Waals surface area contributed by atoms with Crippen molar-refractivity contribution in [1.82, 2.24) is 19.6 Å². The zero-order chi connectivity index (χ0) is 23.3. The SMILES string of the molecule is COc1cccc(Cc2nsc(N3CCN(C(=O)NC45CC6CC(CC(C6)C4)C5)C(C)C3)n2)c1. The fourth-order valence-electron chi connectivity index (χ4n) is 7.41. The molecule has 4 saturated carbocycles. The van der Waals surface area contributed by atoms with Gasteiger partial charge in [-0.2, -0.15) is 4.37 Å². The monoisotopic (exact) mass is 481 g/mol. The third-order valence-electron chi connectivity index (χ3n) is 8.52. The van der Waals surface area contributed by atoms with E-state index in [1.165, 1.54) is 50.1 Å². The van der Waals surface area contributed by atoms with Crippen molar-refractivity contribution in [2.24, 2.45) is 17.8 Å². The summed E-state index contributed by atoms with van der Waals surface area (Å²) in [6, 6.07) is 8.34. The van der Waals surface area contributed by atoms with E-state index in [-0.39, 0.29) is 17.6 Å². The second-order valence-corrected chi connectivity index (χ2v) is 11.9. The van der Waals surface area contributed by atoms with Crippen molar-refractivity contribution < 1.29 is 9.53 Å². The zero-order valence-electron chi connectivity index (χ0n) is 20.2. The molecule has 1 N–H and O–H groups in total. The highest BCUT2D eigenvalue weighted by Crippen LogP contribution is 2.55. The predicted octanol–water partition coefficient (Wildman–Crippen LogP) is 4.33. The molecule has 1 unspecified atom stereocenters. The van der Waals surface area contributed by atoms with E-state index in [1.54, 1.807) is 7.11 Å². The van der Waals surface area contributed by atoms with E-state index in [4.69, 9.17) is 9.72 Å². The van der Waals surface area contributed by atoms with E-state index in [0.717, 1.165) is 59.7 Å². The smallest absolute Gasteiger partial charge is 0.318 e. The van der Waals surface area contributed by atoms with Crippen molar-refractivity contribution in [2.75, 3.05) is 31.6 Å². The Balaban J connectivity index is 1.06. The predicted molar refractivity (Wildman–Crippen MR) is 134 cm³/mol. The molecule has 0 radical (unpaired) electrons. The normalized spacial score (nSPS) is 32.2. The van der Waals surface area contributed by atoms with Crippen molar-refractivity contribution in [3.63, 3.8) is 0 Å². The number of piperazine rings is 1. The van der Waals surface area contributed by atoms with Crippen LogP contribution in [0.4, 0.5) is 9.93 Å². The molecule has 2 heterocycles. The van der Waals surface area contributed by atoms with Gasteiger partial charge in [0.25, 0.3) is 0 Å². The highest BCUT2D eigenvalue weighted by atomic mass is 32.1. The van der Waals surface area contributed by atoms with Gasteiger partial charge < -0.3 is 19.9 Å². The van der Waals surface area contributed by atoms with Gasteiger partial charge in [-0.25, -0.2) is 9.78 Å². The number of hydrogen-bond acceptors (Lipinski definition) is 6. The standard InChI is InChI=1S/C26H35N5O2S/c1-17-16-30(25-27-23(29-34-25)12-18-4-3-5-22(11-18)33-2)6-7-31(17)24(32)28-26-13-19-8-20(14-26)10-21(9-19)15-26/h3-5,11,17,19-21H,6-10,12-16H2,1-2H3,(H,28,32). The molecular weight excluding hydrogens is 446 g/mol. The Morgan fingerprint density at radius 2 is 1.91 bits per heavy atom. The number of carbonyl (C=O) groups is 1. The number of nitrogens with one attached hydrogen (secondary N) is 1. The van der Waals surface area contributed by atoms with Crippen molar-refractivity contribution in [1.29, 1.82) is 0 Å². The van der Waals surface area contributed by atoms with E-state index in [0.29, 0.717) is 6.42 Å². The number of benzene rings is 1. The maximum atomic E-state index is 13.4. The summed E-state index contributed by atoms with van der Waals surface area (Å²) in [6.45, 7) is 4.47. The number of carbonyl (C=O) groups excluding carboxylic acids is 1. The van der Waals surface area contributed by atoms with Gasteiger partial charge in [-0.3, -0.25) is 0 Å². The van der Waals surface area contributed by atoms with Gasteiger partial charge in [-0.1, -0.05) is 12.1 Å². The lowest BCUT2D eigenvalue weighted by atomic mass is 9.53. The molecule has 1 aliphatic heterocycles. The van der Waals surface area contributed by atoms with Gasteiger partial charge in [0.05, 0.1) is 7.11 Å². The molecule has 182 valence electrons. The van der Waals surface area contributed by atoms with Crippen LogP contribution in [0.1, 0.15) is 56.8 Å². The van der Waals surface area contributed by atoms with E-state index >= 15 is 0 Å². The zero-order valence-corrected chi connectivity index (χ0v) is 21.0. The van der Waals surface area contributed by atoms with Crippen LogP contribution in [-0.2, 0) is 6.42 Å². The average molecular weight is 482 g/mol. The van der Waals surface area contributed by atoms with Crippen LogP contribution < -0.4 is 15.0 Å². The highest BCUT2D eigenvalue weighted by Gasteiger charge is 2.52. The Bertz CT molecular complexity index is 1020. The molecule has 1 aromatic carbocycles. The number of methoxy groups -OCH3 is 1. The Hall–Kier alpha value is -2.35. The minimum absolute atomic E-state index is 0.0664. The van der Waals surface area contributed by atoms with Crippen LogP contribution >= 0.6 is 11.5 Å². The first-order chi connectivity index (χ1) is 16.5. The number of ether oxygens (including phenoxy) is 1. The summed E-state index contributed by atoms with van der Waals surface area (Å²) in [6.07, 6.45) is 8.46. The molecule has 34 heavy (non-hydrogen) atoms. The minimum atomic E-state index is 0.0664. The summed E-state index contributed by atoms with van der Waals surface area (Å²) >= 11 is 1.46. The van der Waals surface area contributed by atoms with Crippen LogP contribution in [0.3, 0.4) is 0 Å². The summed E-state index contributed by atoms with van der Waals surface area (Å²) < 4.78 is 9.93. The Kier molecular flexibility index (Phi) is 5.66. The fraction of sp³-hybridized carbons (Fsp3) is 0.654. The highest BCUT2D eigenvalue weighted by molar-refractivity contribution is 7.09. The van der Waals surface area contributed by atoms with E-state index in [1.807, 2.05) is 23.1 Å². The lowest BCUT2D eigenvalue weighted by molar-refractivity contribution is -0.0164. The topological polar surface area (TPSA) is 70.6 Å². The minimum Gasteiger partial charge on any atom is -0.497 e. The summed E-state index contributed by atoms with van der Waals surface area (Å²) in [5, 5.41) is 4.50. The molecule has 4 bridgehead atoms. The van der Waals surface area contributed by atoms with Gasteiger partial charge in [0.1, 0.15) is 11.6 Å². The van der Waals surface area contributed by atoms with E-state index in [9.17, 15) is 4.79 Å². The number of hydrogen-bond donors (Lipinski definition) is 1. The summed E-state index contributed by atoms with van der Waals surface area (Å²) in [7, 11) is 1.68. The number of aromatic nitrogens is 2. The molecule has 8 heteroatoms. The second kappa shape index (κ2) is 8.70. The van der Waals surface area contributed by atoms with Crippen LogP contribution in [0, 0.1) is 17.8 Å². The lowest BCUT2D eigenvalue weighted by Crippen LogP contribution is -2.64. The third kappa shape index (κ3) is 4.25. The molecule has 2 amide bonds. The molecule has 1 atom stereocenters. The number of anilines is 1. The third-order valence-corrected chi connectivity index (χ3v) is 9.34. The summed E-state index contributed by atoms with van der Waals surface area (Å²) in [5.74, 6) is 4.20. The Morgan fingerprint density at radius 1 is 1.18 bits per heavy atom. The van der Waals surface area contributed by atoms with Gasteiger partial charge in [0.2, 0.25) is 5.13 Å². The maximum absolute atomic E-state index is 13.4. The van der Waals surface area contributed by atoms with Gasteiger partial charge in [0, 0.05) is 49.2 Å². The molecule has 2 aromatic rings. The average Bonchev–Trinajstić information content (AvgIpc) is 3.26. The molecule has 1 aromatic heterocycles. The lowest BCUT2D eigenvalue weighted by Gasteiger charge is -2.57. The first kappa shape index (κ1) is 22.1. The van der Waals surface area contributed by atoms with Crippen LogP contribution in [0.5, 0.6) is 5.75 Å². The number of nitrogens with zero attached hydrogens (tertiary/aromatic N) is 4. The van der Waals surface area contributed by atoms with Crippen LogP contribution in [-0.4, -0.2) is 58.6 Å². The van der Waals surface area contributed by atoms with Gasteiger partial charge in [-0.05, 0) is 80.9 Å². The van der Waals surface area contributed by atoms with E-state index in [2.05, 4.69) is 27.6 Å². The summed E-state index contributed by atoms with van der Waals surface area (Å²) in [5.41, 5.74) is 1.21. The molecule has 1 saturated heterocycles. The Labute approximate surface area is 206 Å². The summed E-state index contributed by atoms with van der Waals surface area (Å²) in [4.78, 5) is 22.5. The van der Waals surface area contributed by atoms with Crippen molar-refractivity contribution in [3.05, 3.63) is 35.7 Å². The van der Waals surface area contributed by atoms with Gasteiger partial charge >= 0.3 is 6.03 Å². The first-order valence-corrected chi connectivity index (χ1v) is 13.6. The quantitative estimate of drug-likeness (QED) is 0.689. The molecule has 7 nitrogen and oxygen atoms in total. The van der Waals surface area contributed by atoms with Crippen LogP contribution in [0.2, 0.25) is 0 Å². The molecule has 5 fully saturated rings. The second-order valence-electron chi connectivity index (χ2n) is 11.1. The van der Waals surface area contributed by atoms with Crippen LogP contribution in [0.25, 0.3) is 0 Å². The molecule has 4 aliphatic carbocycles. The molecule has 7 rings (SSSR count). The van der Waals surface area contributed by atoms with E-state index < -0.39 is 0 Å². The largest absolute Gasteiger partial charge is 0.497 e. The molecule has 5 aliphatic rings. The maximum Gasteiger partial charge on any atom is 0.318 e. The number of urea groups is 1. The molecule has 0 spiro atoms. The fourth-order valence-corrected chi connectivity index (χ4v) is 8.13. The Morgan fingerprint density at radius 3 is 2.59 bits per heavy atom. The molecular formula is C26H35N5O2S.